The van der Waals surface area contributed by atoms with Crippen molar-refractivity contribution in [3.8, 4) is 5.75 Å². The van der Waals surface area contributed by atoms with Crippen molar-refractivity contribution in [3.05, 3.63) is 29.8 Å². The number of β-amino-alcohol motifs (C(OH)–C–C–N with tert-alkyl or cyclic N) is 1. The highest BCUT2D eigenvalue weighted by Gasteiger charge is 2.41. The van der Waals surface area contributed by atoms with Gasteiger partial charge < -0.3 is 31.1 Å². The van der Waals surface area contributed by atoms with E-state index in [-0.39, 0.29) is 53.7 Å². The third-order valence-corrected chi connectivity index (χ3v) is 9.83. The van der Waals surface area contributed by atoms with Crippen molar-refractivity contribution in [1.82, 2.24) is 26.2 Å². The summed E-state index contributed by atoms with van der Waals surface area (Å²) in [4.78, 5) is 54.4. The van der Waals surface area contributed by atoms with E-state index in [0.29, 0.717) is 44.0 Å². The predicted octanol–water partition coefficient (Wildman–Crippen LogP) is 1.18. The van der Waals surface area contributed by atoms with Gasteiger partial charge in [0.2, 0.25) is 23.6 Å². The Morgan fingerprint density at radius 2 is 1.74 bits per heavy atom. The molecular formula is C31H47N5O6S. The number of rotatable bonds is 6. The zero-order valence-corrected chi connectivity index (χ0v) is 26.5. The molecule has 1 aromatic rings. The number of nitrogens with one attached hydrogen (secondary N) is 4. The van der Waals surface area contributed by atoms with Crippen LogP contribution in [0.25, 0.3) is 0 Å². The monoisotopic (exact) mass is 617 g/mol. The van der Waals surface area contributed by atoms with Crippen molar-refractivity contribution in [3.63, 3.8) is 0 Å². The molecule has 4 amide bonds. The van der Waals surface area contributed by atoms with Gasteiger partial charge in [-0.15, -0.1) is 11.8 Å². The molecule has 238 valence electrons. The molecule has 4 bridgehead atoms. The van der Waals surface area contributed by atoms with E-state index in [1.807, 2.05) is 56.9 Å². The van der Waals surface area contributed by atoms with Crippen LogP contribution in [0.4, 0.5) is 0 Å². The van der Waals surface area contributed by atoms with Crippen LogP contribution in [-0.4, -0.2) is 94.7 Å². The smallest absolute Gasteiger partial charge is 0.243 e. The van der Waals surface area contributed by atoms with Crippen LogP contribution >= 0.6 is 11.8 Å². The van der Waals surface area contributed by atoms with Crippen molar-refractivity contribution in [1.29, 1.82) is 0 Å². The topological polar surface area (TPSA) is 149 Å². The van der Waals surface area contributed by atoms with Crippen LogP contribution in [0.5, 0.6) is 5.75 Å². The fraction of sp³-hybridized carbons (Fsp3) is 0.677. The summed E-state index contributed by atoms with van der Waals surface area (Å²) in [6.45, 7) is 8.80. The number of aliphatic hydroxyl groups excluding tert-OH is 1. The Kier molecular flexibility index (Phi) is 11.7. The molecule has 43 heavy (non-hydrogen) atoms. The van der Waals surface area contributed by atoms with Crippen LogP contribution < -0.4 is 26.0 Å². The van der Waals surface area contributed by atoms with Crippen LogP contribution in [-0.2, 0) is 25.6 Å². The fourth-order valence-corrected chi connectivity index (χ4v) is 6.93. The highest BCUT2D eigenvalue weighted by atomic mass is 32.2. The molecule has 4 aliphatic rings. The van der Waals surface area contributed by atoms with Gasteiger partial charge in [0.1, 0.15) is 17.8 Å². The maximum Gasteiger partial charge on any atom is 0.243 e. The molecule has 0 aromatic heterocycles. The molecule has 0 radical (unpaired) electrons. The largest absolute Gasteiger partial charge is 0.494 e. The molecule has 5 rings (SSSR count). The first-order chi connectivity index (χ1) is 20.5. The quantitative estimate of drug-likeness (QED) is 0.320. The molecular weight excluding hydrogens is 570 g/mol. The number of carbonyl (C=O) groups excluding carboxylic acids is 4. The standard InChI is InChI=1S/C31H47N5O6S/c1-5-19(4)28-30(40)32-17-43-22-14-24(29(39)35-28)36(15-22)16-25(37)23-13-20-8-10-21(11-9-20)42-12-6-7-26(38)34-27(18(2)3)31(41)33-23/h8-11,18-19,22-25,27-28,37H,5-7,12-17H2,1-4H3,(H,32,40)(H,33,41)(H,34,38)(H,35,39). The number of nitrogens with zero attached hydrogens (tertiary/aromatic N) is 1. The molecule has 7 atom stereocenters. The van der Waals surface area contributed by atoms with Crippen molar-refractivity contribution in [2.24, 2.45) is 11.8 Å². The summed E-state index contributed by atoms with van der Waals surface area (Å²) < 4.78 is 5.78. The lowest BCUT2D eigenvalue weighted by molar-refractivity contribution is -0.133. The molecule has 1 aromatic carbocycles. The third kappa shape index (κ3) is 8.86. The second kappa shape index (κ2) is 15.3. The summed E-state index contributed by atoms with van der Waals surface area (Å²) in [5, 5.41) is 23.6. The molecule has 4 aliphatic heterocycles. The first kappa shape index (κ1) is 33.1. The van der Waals surface area contributed by atoms with Crippen LogP contribution in [0, 0.1) is 11.8 Å². The molecule has 7 unspecified atom stereocenters. The normalized spacial score (nSPS) is 29.3. The number of thioether (sulfide) groups is 1. The van der Waals surface area contributed by atoms with Crippen LogP contribution in [0.15, 0.2) is 24.3 Å². The average molecular weight is 618 g/mol. The maximum absolute atomic E-state index is 13.5. The van der Waals surface area contributed by atoms with E-state index >= 15 is 0 Å². The predicted molar refractivity (Wildman–Crippen MR) is 165 cm³/mol. The van der Waals surface area contributed by atoms with Crippen molar-refractivity contribution < 1.29 is 29.0 Å². The fourth-order valence-electron chi connectivity index (χ4n) is 5.85. The summed E-state index contributed by atoms with van der Waals surface area (Å²) in [7, 11) is 0. The molecule has 2 saturated heterocycles. The Morgan fingerprint density at radius 1 is 1.00 bits per heavy atom. The number of carbonyl (C=O) groups is 4. The minimum absolute atomic E-state index is 0.0278. The molecule has 11 nitrogen and oxygen atoms in total. The van der Waals surface area contributed by atoms with Gasteiger partial charge in [-0.3, -0.25) is 24.1 Å². The Labute approximate surface area is 258 Å². The molecule has 2 fully saturated rings. The minimum Gasteiger partial charge on any atom is -0.494 e. The number of hydrogen-bond acceptors (Lipinski definition) is 8. The number of fused-ring (bicyclic) bond motifs is 14. The molecule has 5 N–H and O–H groups in total. The number of benzene rings is 1. The number of amides is 4. The molecule has 12 heteroatoms. The Hall–Kier alpha value is -2.83. The van der Waals surface area contributed by atoms with Gasteiger partial charge >= 0.3 is 0 Å². The van der Waals surface area contributed by atoms with Gasteiger partial charge in [-0.2, -0.15) is 0 Å². The Balaban J connectivity index is 1.55. The Bertz CT molecular complexity index is 1130. The van der Waals surface area contributed by atoms with Crippen LogP contribution in [0.1, 0.15) is 58.9 Å². The molecule has 0 spiro atoms. The molecule has 0 aliphatic carbocycles. The summed E-state index contributed by atoms with van der Waals surface area (Å²) in [5.41, 5.74) is 0.910. The number of ether oxygens (including phenoxy) is 1. The van der Waals surface area contributed by atoms with E-state index in [4.69, 9.17) is 4.74 Å². The van der Waals surface area contributed by atoms with Gasteiger partial charge in [0.05, 0.1) is 30.7 Å². The molecule has 4 heterocycles. The minimum atomic E-state index is -1.01. The summed E-state index contributed by atoms with van der Waals surface area (Å²) in [6.07, 6.45) is 1.45. The number of aliphatic hydroxyl groups is 1. The lowest BCUT2D eigenvalue weighted by Gasteiger charge is -2.33. The van der Waals surface area contributed by atoms with E-state index in [1.54, 1.807) is 11.8 Å². The van der Waals surface area contributed by atoms with E-state index in [0.717, 1.165) is 12.0 Å². The first-order valence-electron chi connectivity index (χ1n) is 15.5. The zero-order chi connectivity index (χ0) is 31.1. The maximum atomic E-state index is 13.5. The second-order valence-electron chi connectivity index (χ2n) is 12.3. The highest BCUT2D eigenvalue weighted by molar-refractivity contribution is 7.99. The van der Waals surface area contributed by atoms with E-state index < -0.39 is 30.3 Å². The first-order valence-corrected chi connectivity index (χ1v) is 16.5. The van der Waals surface area contributed by atoms with Crippen LogP contribution in [0.3, 0.4) is 0 Å². The number of likely N-dealkylation sites (tertiary alicyclic amines) is 1. The number of hydrogen-bond donors (Lipinski definition) is 5. The summed E-state index contributed by atoms with van der Waals surface area (Å²) >= 11 is 1.61. The zero-order valence-electron chi connectivity index (χ0n) is 25.6. The molecule has 0 saturated carbocycles. The average Bonchev–Trinajstić information content (AvgIpc) is 3.37. The lowest BCUT2D eigenvalue weighted by Crippen LogP contribution is -2.58. The summed E-state index contributed by atoms with van der Waals surface area (Å²) in [5.74, 6) is -0.0278. The van der Waals surface area contributed by atoms with Crippen LogP contribution in [0.2, 0.25) is 0 Å². The second-order valence-corrected chi connectivity index (χ2v) is 13.6. The van der Waals surface area contributed by atoms with Gasteiger partial charge in [0, 0.05) is 24.8 Å². The Morgan fingerprint density at radius 3 is 2.44 bits per heavy atom. The van der Waals surface area contributed by atoms with Crippen molar-refractivity contribution in [2.45, 2.75) is 95.3 Å². The van der Waals surface area contributed by atoms with Gasteiger partial charge in [0.25, 0.3) is 0 Å². The SMILES string of the molecule is CCC(C)C1NC(=O)C2CC(CN2CC(O)C2Cc3ccc(cc3)OCCCC(=O)NC(C(C)C)C(=O)N2)SCNC1=O. The van der Waals surface area contributed by atoms with Gasteiger partial charge in [-0.05, 0) is 48.8 Å². The van der Waals surface area contributed by atoms with E-state index in [2.05, 4.69) is 21.3 Å². The third-order valence-electron chi connectivity index (χ3n) is 8.70. The van der Waals surface area contributed by atoms with Gasteiger partial charge in [0.15, 0.2) is 0 Å². The highest BCUT2D eigenvalue weighted by Crippen LogP contribution is 2.29. The van der Waals surface area contributed by atoms with E-state index in [1.165, 1.54) is 0 Å². The summed E-state index contributed by atoms with van der Waals surface area (Å²) in [6, 6.07) is 4.97. The van der Waals surface area contributed by atoms with Crippen molar-refractivity contribution >= 4 is 35.4 Å². The van der Waals surface area contributed by atoms with Crippen molar-refractivity contribution in [2.75, 3.05) is 25.6 Å². The lowest BCUT2D eigenvalue weighted by atomic mass is 9.97. The van der Waals surface area contributed by atoms with Gasteiger partial charge in [-0.1, -0.05) is 46.2 Å². The van der Waals surface area contributed by atoms with Gasteiger partial charge in [-0.25, -0.2) is 0 Å². The van der Waals surface area contributed by atoms with E-state index in [9.17, 15) is 24.3 Å².